The Balaban J connectivity index is 1.15. The number of benzene rings is 2. The van der Waals surface area contributed by atoms with Crippen molar-refractivity contribution in [3.05, 3.63) is 70.3 Å². The maximum atomic E-state index is 13.0. The van der Waals surface area contributed by atoms with E-state index in [-0.39, 0.29) is 24.1 Å². The summed E-state index contributed by atoms with van der Waals surface area (Å²) in [6.45, 7) is 0.444. The highest BCUT2D eigenvalue weighted by Gasteiger charge is 2.39. The topological polar surface area (TPSA) is 78.5 Å². The fourth-order valence-electron chi connectivity index (χ4n) is 6.72. The molecule has 4 aliphatic rings. The van der Waals surface area contributed by atoms with Gasteiger partial charge in [-0.25, -0.2) is 0 Å². The van der Waals surface area contributed by atoms with Gasteiger partial charge in [0, 0.05) is 30.6 Å². The molecule has 0 radical (unpaired) electrons. The van der Waals surface area contributed by atoms with Crippen LogP contribution in [0.3, 0.4) is 0 Å². The Morgan fingerprint density at radius 2 is 1.77 bits per heavy atom. The summed E-state index contributed by atoms with van der Waals surface area (Å²) < 4.78 is 0. The highest BCUT2D eigenvalue weighted by molar-refractivity contribution is 6.05. The van der Waals surface area contributed by atoms with E-state index in [1.54, 1.807) is 4.90 Å². The van der Waals surface area contributed by atoms with E-state index in [0.717, 1.165) is 18.4 Å². The molecule has 1 saturated heterocycles. The van der Waals surface area contributed by atoms with Crippen LogP contribution in [0.15, 0.2) is 42.5 Å². The van der Waals surface area contributed by atoms with Gasteiger partial charge in [0.15, 0.2) is 0 Å². The van der Waals surface area contributed by atoms with Crippen molar-refractivity contribution >= 4 is 17.7 Å². The summed E-state index contributed by atoms with van der Waals surface area (Å²) in [5, 5.41) is 6.41. The van der Waals surface area contributed by atoms with Crippen LogP contribution < -0.4 is 10.6 Å². The number of nitrogens with one attached hydrogen (secondary N) is 2. The van der Waals surface area contributed by atoms with Crippen LogP contribution in [-0.2, 0) is 29.0 Å². The third-order valence-corrected chi connectivity index (χ3v) is 8.54. The van der Waals surface area contributed by atoms with Gasteiger partial charge in [-0.15, -0.1) is 0 Å². The summed E-state index contributed by atoms with van der Waals surface area (Å²) in [5.41, 5.74) is 5.93. The number of hydrogen-bond donors (Lipinski definition) is 2. The Hall–Kier alpha value is -2.99. The van der Waals surface area contributed by atoms with Crippen molar-refractivity contribution in [3.63, 3.8) is 0 Å². The third-order valence-electron chi connectivity index (χ3n) is 8.54. The molecule has 2 aromatic rings. The second-order valence-electron chi connectivity index (χ2n) is 10.7. The fraction of sp³-hybridized carbons (Fsp3) is 0.483. The summed E-state index contributed by atoms with van der Waals surface area (Å²) in [6, 6.07) is 15.5. The molecule has 2 aliphatic carbocycles. The lowest BCUT2D eigenvalue weighted by Gasteiger charge is -2.35. The number of imide groups is 1. The predicted octanol–water partition coefficient (Wildman–Crippen LogP) is 3.83. The van der Waals surface area contributed by atoms with Gasteiger partial charge in [-0.2, -0.15) is 0 Å². The van der Waals surface area contributed by atoms with Crippen LogP contribution in [-0.4, -0.2) is 34.7 Å². The van der Waals surface area contributed by atoms with Crippen molar-refractivity contribution < 1.29 is 14.4 Å². The van der Waals surface area contributed by atoms with Crippen LogP contribution in [0, 0.1) is 5.92 Å². The molecule has 2 unspecified atom stereocenters. The Bertz CT molecular complexity index is 1180. The molecule has 2 fully saturated rings. The first-order chi connectivity index (χ1) is 17.1. The maximum absolute atomic E-state index is 13.0. The quantitative estimate of drug-likeness (QED) is 0.650. The molecular formula is C29H33N3O3. The number of rotatable bonds is 5. The van der Waals surface area contributed by atoms with Gasteiger partial charge >= 0.3 is 0 Å². The number of nitrogens with zero attached hydrogens (tertiary/aromatic N) is 1. The molecule has 3 amide bonds. The minimum Gasteiger partial charge on any atom is -0.322 e. The lowest BCUT2D eigenvalue weighted by Crippen LogP contribution is -2.52. The summed E-state index contributed by atoms with van der Waals surface area (Å²) in [7, 11) is 0. The summed E-state index contributed by atoms with van der Waals surface area (Å²) in [6.07, 6.45) is 9.03. The van der Waals surface area contributed by atoms with E-state index in [1.165, 1.54) is 48.8 Å². The van der Waals surface area contributed by atoms with Gasteiger partial charge in [0.1, 0.15) is 6.04 Å². The second kappa shape index (κ2) is 9.23. The second-order valence-corrected chi connectivity index (χ2v) is 10.7. The predicted molar refractivity (Wildman–Crippen MR) is 133 cm³/mol. The Labute approximate surface area is 206 Å². The van der Waals surface area contributed by atoms with Crippen LogP contribution in [0.2, 0.25) is 0 Å². The minimum absolute atomic E-state index is 0.0989. The Kier molecular flexibility index (Phi) is 5.93. The van der Waals surface area contributed by atoms with Gasteiger partial charge in [-0.1, -0.05) is 49.2 Å². The molecular weight excluding hydrogens is 438 g/mol. The highest BCUT2D eigenvalue weighted by atomic mass is 16.2. The van der Waals surface area contributed by atoms with Crippen molar-refractivity contribution in [2.24, 2.45) is 5.92 Å². The molecule has 2 aromatic carbocycles. The van der Waals surface area contributed by atoms with E-state index in [9.17, 15) is 14.4 Å². The first-order valence-electron chi connectivity index (χ1n) is 13.2. The number of amides is 3. The van der Waals surface area contributed by atoms with Crippen LogP contribution in [0.1, 0.15) is 83.6 Å². The van der Waals surface area contributed by atoms with E-state index in [1.807, 2.05) is 6.07 Å². The smallest absolute Gasteiger partial charge is 0.255 e. The van der Waals surface area contributed by atoms with Crippen molar-refractivity contribution in [1.29, 1.82) is 0 Å². The van der Waals surface area contributed by atoms with Gasteiger partial charge in [0.25, 0.3) is 5.91 Å². The van der Waals surface area contributed by atoms with Gasteiger partial charge in [-0.05, 0) is 72.8 Å². The van der Waals surface area contributed by atoms with E-state index in [2.05, 4.69) is 47.0 Å². The number of piperidine rings is 1. The summed E-state index contributed by atoms with van der Waals surface area (Å²) in [4.78, 5) is 38.5. The average Bonchev–Trinajstić information content (AvgIpc) is 3.41. The molecule has 2 aliphatic heterocycles. The first-order valence-corrected chi connectivity index (χ1v) is 13.2. The fourth-order valence-corrected chi connectivity index (χ4v) is 6.72. The van der Waals surface area contributed by atoms with Crippen LogP contribution in [0.4, 0.5) is 0 Å². The zero-order valence-corrected chi connectivity index (χ0v) is 20.1. The average molecular weight is 472 g/mol. The minimum atomic E-state index is -0.558. The highest BCUT2D eigenvalue weighted by Crippen LogP contribution is 2.36. The van der Waals surface area contributed by atoms with Gasteiger partial charge in [-0.3, -0.25) is 19.7 Å². The molecule has 2 N–H and O–H groups in total. The molecule has 0 aromatic heterocycles. The zero-order chi connectivity index (χ0) is 23.9. The largest absolute Gasteiger partial charge is 0.322 e. The lowest BCUT2D eigenvalue weighted by atomic mass is 9.80. The lowest BCUT2D eigenvalue weighted by molar-refractivity contribution is -0.136. The van der Waals surface area contributed by atoms with Crippen molar-refractivity contribution in [2.75, 3.05) is 0 Å². The van der Waals surface area contributed by atoms with E-state index >= 15 is 0 Å². The van der Waals surface area contributed by atoms with Crippen LogP contribution in [0.25, 0.3) is 0 Å². The Morgan fingerprint density at radius 3 is 2.66 bits per heavy atom. The Morgan fingerprint density at radius 1 is 0.914 bits per heavy atom. The van der Waals surface area contributed by atoms with Crippen molar-refractivity contribution in [2.45, 2.75) is 82.5 Å². The van der Waals surface area contributed by atoms with Gasteiger partial charge in [0.2, 0.25) is 11.8 Å². The van der Waals surface area contributed by atoms with E-state index in [4.69, 9.17) is 0 Å². The molecule has 6 heteroatoms. The molecule has 6 rings (SSSR count). The number of carbonyl (C=O) groups excluding carboxylic acids is 3. The number of hydrogen-bond acceptors (Lipinski definition) is 4. The SMILES string of the molecule is O=C1CCC(N2Cc3cc(C[C@H]4CCCC[C@@H]4NC4CCc5ccccc54)ccc3C2=O)C(=O)N1. The number of aryl methyl sites for hydroxylation is 1. The van der Waals surface area contributed by atoms with Crippen molar-refractivity contribution in [1.82, 2.24) is 15.5 Å². The molecule has 35 heavy (non-hydrogen) atoms. The van der Waals surface area contributed by atoms with Crippen molar-refractivity contribution in [3.8, 4) is 0 Å². The summed E-state index contributed by atoms with van der Waals surface area (Å²) in [5.74, 6) is -0.127. The molecule has 4 atom stereocenters. The normalized spacial score (nSPS) is 28.1. The maximum Gasteiger partial charge on any atom is 0.255 e. The third kappa shape index (κ3) is 4.29. The standard InChI is InChI=1S/C29H33N3O3/c33-27-14-13-26(28(34)31-27)32-17-21-16-18(9-11-23(21)29(32)35)15-20-6-2-4-8-24(20)30-25-12-10-19-5-1-3-7-22(19)25/h1,3,5,7,9,11,16,20,24-26,30H,2,4,6,8,10,12-15,17H2,(H,31,33,34)/t20-,24+,25?,26?/m1/s1. The molecule has 0 bridgehead atoms. The van der Waals surface area contributed by atoms with Crippen LogP contribution >= 0.6 is 0 Å². The molecule has 182 valence electrons. The molecule has 1 saturated carbocycles. The monoisotopic (exact) mass is 471 g/mol. The van der Waals surface area contributed by atoms with Crippen LogP contribution in [0.5, 0.6) is 0 Å². The number of fused-ring (bicyclic) bond motifs is 2. The number of carbonyl (C=O) groups is 3. The van der Waals surface area contributed by atoms with E-state index in [0.29, 0.717) is 36.5 Å². The molecule has 2 heterocycles. The zero-order valence-electron chi connectivity index (χ0n) is 20.1. The van der Waals surface area contributed by atoms with E-state index < -0.39 is 6.04 Å². The summed E-state index contributed by atoms with van der Waals surface area (Å²) >= 11 is 0. The first kappa shape index (κ1) is 22.5. The van der Waals surface area contributed by atoms with Gasteiger partial charge < -0.3 is 10.2 Å². The molecule has 0 spiro atoms. The molecule has 6 nitrogen and oxygen atoms in total. The van der Waals surface area contributed by atoms with Gasteiger partial charge in [0.05, 0.1) is 0 Å².